The molecule has 0 radical (unpaired) electrons. The van der Waals surface area contributed by atoms with Gasteiger partial charge in [-0.1, -0.05) is 43.2 Å². The smallest absolute Gasteiger partial charge is 0.279 e. The summed E-state index contributed by atoms with van der Waals surface area (Å²) in [6.45, 7) is 5.19. The van der Waals surface area contributed by atoms with Gasteiger partial charge >= 0.3 is 0 Å². The fourth-order valence-corrected chi connectivity index (χ4v) is 2.17. The number of aryl methyl sites for hydroxylation is 1. The number of aromatic nitrogens is 2. The predicted molar refractivity (Wildman–Crippen MR) is 85.7 cm³/mol. The SMILES string of the molecule is CCCCN(Cc1ccc(C)cc1)C(=O)c1ncc[nH]c1=O. The van der Waals surface area contributed by atoms with Crippen LogP contribution in [0.3, 0.4) is 0 Å². The first-order valence-electron chi connectivity index (χ1n) is 7.50. The maximum atomic E-state index is 12.6. The van der Waals surface area contributed by atoms with Gasteiger partial charge in [0, 0.05) is 25.5 Å². The largest absolute Gasteiger partial charge is 0.333 e. The van der Waals surface area contributed by atoms with E-state index in [1.807, 2.05) is 31.2 Å². The van der Waals surface area contributed by atoms with Crippen molar-refractivity contribution in [2.45, 2.75) is 33.2 Å². The van der Waals surface area contributed by atoms with E-state index in [4.69, 9.17) is 0 Å². The highest BCUT2D eigenvalue weighted by Crippen LogP contribution is 2.10. The van der Waals surface area contributed by atoms with E-state index < -0.39 is 5.56 Å². The summed E-state index contributed by atoms with van der Waals surface area (Å²) in [5.74, 6) is -0.323. The van der Waals surface area contributed by atoms with E-state index in [9.17, 15) is 9.59 Å². The molecule has 2 rings (SSSR count). The molecule has 22 heavy (non-hydrogen) atoms. The molecule has 0 fully saturated rings. The highest BCUT2D eigenvalue weighted by atomic mass is 16.2. The van der Waals surface area contributed by atoms with Gasteiger partial charge in [-0.25, -0.2) is 4.98 Å². The van der Waals surface area contributed by atoms with Crippen LogP contribution in [-0.4, -0.2) is 27.3 Å². The van der Waals surface area contributed by atoms with Crippen LogP contribution in [0.25, 0.3) is 0 Å². The summed E-state index contributed by atoms with van der Waals surface area (Å²) < 4.78 is 0. The zero-order chi connectivity index (χ0) is 15.9. The number of amides is 1. The first-order chi connectivity index (χ1) is 10.6. The Morgan fingerprint density at radius 2 is 2.00 bits per heavy atom. The number of unbranched alkanes of at least 4 members (excludes halogenated alkanes) is 1. The molecule has 1 aromatic heterocycles. The van der Waals surface area contributed by atoms with Crippen molar-refractivity contribution in [2.75, 3.05) is 6.54 Å². The third-order valence-corrected chi connectivity index (χ3v) is 3.47. The average molecular weight is 299 g/mol. The first kappa shape index (κ1) is 15.9. The summed E-state index contributed by atoms with van der Waals surface area (Å²) >= 11 is 0. The van der Waals surface area contributed by atoms with Crippen molar-refractivity contribution in [3.63, 3.8) is 0 Å². The molecule has 0 atom stereocenters. The van der Waals surface area contributed by atoms with Crippen molar-refractivity contribution in [1.29, 1.82) is 0 Å². The molecular weight excluding hydrogens is 278 g/mol. The third kappa shape index (κ3) is 4.04. The molecule has 1 heterocycles. The van der Waals surface area contributed by atoms with Crippen molar-refractivity contribution in [3.05, 3.63) is 63.8 Å². The molecular formula is C17H21N3O2. The Morgan fingerprint density at radius 1 is 1.27 bits per heavy atom. The predicted octanol–water partition coefficient (Wildman–Crippen LogP) is 2.52. The Morgan fingerprint density at radius 3 is 2.64 bits per heavy atom. The zero-order valence-electron chi connectivity index (χ0n) is 13.0. The average Bonchev–Trinajstić information content (AvgIpc) is 2.53. The number of carbonyl (C=O) groups excluding carboxylic acids is 1. The molecule has 0 bridgehead atoms. The van der Waals surface area contributed by atoms with Crippen LogP contribution in [-0.2, 0) is 6.54 Å². The van der Waals surface area contributed by atoms with Crippen molar-refractivity contribution in [3.8, 4) is 0 Å². The lowest BCUT2D eigenvalue weighted by atomic mass is 10.1. The minimum Gasteiger partial charge on any atom is -0.333 e. The fourth-order valence-electron chi connectivity index (χ4n) is 2.17. The first-order valence-corrected chi connectivity index (χ1v) is 7.50. The third-order valence-electron chi connectivity index (χ3n) is 3.47. The van der Waals surface area contributed by atoms with Gasteiger partial charge in [0.25, 0.3) is 11.5 Å². The van der Waals surface area contributed by atoms with Gasteiger partial charge in [0.15, 0.2) is 5.69 Å². The molecule has 1 aromatic carbocycles. The van der Waals surface area contributed by atoms with Gasteiger partial charge in [-0.05, 0) is 18.9 Å². The molecule has 0 unspecified atom stereocenters. The molecule has 0 saturated carbocycles. The second-order valence-corrected chi connectivity index (χ2v) is 5.33. The highest BCUT2D eigenvalue weighted by molar-refractivity contribution is 5.91. The molecule has 0 aliphatic carbocycles. The number of hydrogen-bond donors (Lipinski definition) is 1. The molecule has 0 aliphatic rings. The molecule has 2 aromatic rings. The number of aromatic amines is 1. The van der Waals surface area contributed by atoms with Gasteiger partial charge < -0.3 is 9.88 Å². The fraction of sp³-hybridized carbons (Fsp3) is 0.353. The quantitative estimate of drug-likeness (QED) is 0.891. The minimum atomic E-state index is -0.446. The lowest BCUT2D eigenvalue weighted by Crippen LogP contribution is -2.36. The standard InChI is InChI=1S/C17H21N3O2/c1-3-4-11-20(12-14-7-5-13(2)6-8-14)17(22)15-16(21)19-10-9-18-15/h5-10H,3-4,11-12H2,1-2H3,(H,19,21). The van der Waals surface area contributed by atoms with Crippen molar-refractivity contribution in [1.82, 2.24) is 14.9 Å². The summed E-state index contributed by atoms with van der Waals surface area (Å²) in [5.41, 5.74) is 1.72. The van der Waals surface area contributed by atoms with Gasteiger partial charge in [0.1, 0.15) is 0 Å². The molecule has 5 nitrogen and oxygen atoms in total. The Hall–Kier alpha value is -2.43. The van der Waals surface area contributed by atoms with Crippen LogP contribution >= 0.6 is 0 Å². The summed E-state index contributed by atoms with van der Waals surface area (Å²) in [6, 6.07) is 8.05. The summed E-state index contributed by atoms with van der Waals surface area (Å²) in [6.07, 6.45) is 4.73. The zero-order valence-corrected chi connectivity index (χ0v) is 13.0. The highest BCUT2D eigenvalue weighted by Gasteiger charge is 2.19. The molecule has 0 spiro atoms. The second kappa shape index (κ2) is 7.54. The minimum absolute atomic E-state index is 0.0503. The van der Waals surface area contributed by atoms with Gasteiger partial charge in [0.05, 0.1) is 0 Å². The van der Waals surface area contributed by atoms with E-state index >= 15 is 0 Å². The van der Waals surface area contributed by atoms with Gasteiger partial charge in [-0.15, -0.1) is 0 Å². The van der Waals surface area contributed by atoms with E-state index in [1.165, 1.54) is 18.0 Å². The Kier molecular flexibility index (Phi) is 5.47. The number of carbonyl (C=O) groups is 1. The van der Waals surface area contributed by atoms with Crippen LogP contribution in [0.4, 0.5) is 0 Å². The normalized spacial score (nSPS) is 10.5. The Labute approximate surface area is 130 Å². The van der Waals surface area contributed by atoms with E-state index in [0.717, 1.165) is 18.4 Å². The maximum Gasteiger partial charge on any atom is 0.279 e. The summed E-state index contributed by atoms with van der Waals surface area (Å²) in [4.78, 5) is 32.5. The monoisotopic (exact) mass is 299 g/mol. The second-order valence-electron chi connectivity index (χ2n) is 5.33. The van der Waals surface area contributed by atoms with Crippen molar-refractivity contribution >= 4 is 5.91 Å². The number of H-pyrrole nitrogens is 1. The van der Waals surface area contributed by atoms with Gasteiger partial charge in [-0.3, -0.25) is 9.59 Å². The van der Waals surface area contributed by atoms with Crippen molar-refractivity contribution in [2.24, 2.45) is 0 Å². The maximum absolute atomic E-state index is 12.6. The lowest BCUT2D eigenvalue weighted by Gasteiger charge is -2.22. The molecule has 1 N–H and O–H groups in total. The number of hydrogen-bond acceptors (Lipinski definition) is 3. The molecule has 0 saturated heterocycles. The van der Waals surface area contributed by atoms with E-state index in [2.05, 4.69) is 16.9 Å². The summed E-state index contributed by atoms with van der Waals surface area (Å²) in [7, 11) is 0. The Bertz CT molecular complexity index is 677. The number of nitrogens with zero attached hydrogens (tertiary/aromatic N) is 2. The number of benzene rings is 1. The van der Waals surface area contributed by atoms with Crippen LogP contribution in [0.2, 0.25) is 0 Å². The Balaban J connectivity index is 2.21. The molecule has 116 valence electrons. The van der Waals surface area contributed by atoms with E-state index in [0.29, 0.717) is 13.1 Å². The lowest BCUT2D eigenvalue weighted by molar-refractivity contribution is 0.0733. The van der Waals surface area contributed by atoms with Crippen LogP contribution in [0.5, 0.6) is 0 Å². The van der Waals surface area contributed by atoms with E-state index in [1.54, 1.807) is 4.90 Å². The van der Waals surface area contributed by atoms with Crippen LogP contribution in [0, 0.1) is 6.92 Å². The van der Waals surface area contributed by atoms with Crippen LogP contribution < -0.4 is 5.56 Å². The topological polar surface area (TPSA) is 66.1 Å². The van der Waals surface area contributed by atoms with E-state index in [-0.39, 0.29) is 11.6 Å². The van der Waals surface area contributed by atoms with Gasteiger partial charge in [-0.2, -0.15) is 0 Å². The summed E-state index contributed by atoms with van der Waals surface area (Å²) in [5, 5.41) is 0. The van der Waals surface area contributed by atoms with Gasteiger partial charge in [0.2, 0.25) is 0 Å². The molecule has 0 aliphatic heterocycles. The molecule has 1 amide bonds. The molecule has 5 heteroatoms. The van der Waals surface area contributed by atoms with Crippen LogP contribution in [0.1, 0.15) is 41.4 Å². The number of rotatable bonds is 6. The van der Waals surface area contributed by atoms with Crippen LogP contribution in [0.15, 0.2) is 41.5 Å². The number of nitrogens with one attached hydrogen (secondary N) is 1. The van der Waals surface area contributed by atoms with Crippen molar-refractivity contribution < 1.29 is 4.79 Å².